The first-order valence-corrected chi connectivity index (χ1v) is 8.60. The van der Waals surface area contributed by atoms with Gasteiger partial charge in [-0.15, -0.1) is 0 Å². The van der Waals surface area contributed by atoms with Gasteiger partial charge in [0.15, 0.2) is 0 Å². The number of nitrogens with one attached hydrogen (secondary N) is 1. The van der Waals surface area contributed by atoms with Crippen molar-refractivity contribution in [2.75, 3.05) is 5.32 Å². The molecule has 26 heavy (non-hydrogen) atoms. The molecule has 0 saturated carbocycles. The van der Waals surface area contributed by atoms with E-state index in [1.54, 1.807) is 10.6 Å². The van der Waals surface area contributed by atoms with Gasteiger partial charge in [-0.05, 0) is 36.8 Å². The van der Waals surface area contributed by atoms with Gasteiger partial charge in [-0.3, -0.25) is 13.9 Å². The van der Waals surface area contributed by atoms with Gasteiger partial charge in [0.25, 0.3) is 0 Å². The Morgan fingerprint density at radius 2 is 1.88 bits per heavy atom. The quantitative estimate of drug-likeness (QED) is 0.749. The zero-order valence-electron chi connectivity index (χ0n) is 14.2. The number of aromatic nitrogens is 2. The van der Waals surface area contributed by atoms with Crippen molar-refractivity contribution in [3.63, 3.8) is 0 Å². The van der Waals surface area contributed by atoms with Crippen molar-refractivity contribution in [1.82, 2.24) is 9.13 Å². The number of carbonyl (C=O) groups is 1. The van der Waals surface area contributed by atoms with Gasteiger partial charge >= 0.3 is 5.69 Å². The number of rotatable bonds is 5. The molecule has 0 aliphatic carbocycles. The molecule has 0 aliphatic rings. The van der Waals surface area contributed by atoms with Crippen molar-refractivity contribution in [3.05, 3.63) is 63.5 Å². The highest BCUT2D eigenvalue weighted by Crippen LogP contribution is 2.20. The zero-order chi connectivity index (χ0) is 18.7. The monoisotopic (exact) mass is 368 g/mol. The van der Waals surface area contributed by atoms with Crippen LogP contribution in [0.2, 0.25) is 5.02 Å². The minimum absolute atomic E-state index is 0.103. The molecule has 3 rings (SSSR count). The number of carbonyl (C=O) groups excluding carboxylic acids is 1. The summed E-state index contributed by atoms with van der Waals surface area (Å²) in [5.41, 5.74) is 2.14. The highest BCUT2D eigenvalue weighted by molar-refractivity contribution is 6.32. The summed E-state index contributed by atoms with van der Waals surface area (Å²) in [7, 11) is 0. The Morgan fingerprint density at radius 3 is 2.50 bits per heavy atom. The largest absolute Gasteiger partial charge is 0.329 e. The lowest BCUT2D eigenvalue weighted by atomic mass is 10.2. The fourth-order valence-electron chi connectivity index (χ4n) is 2.89. The van der Waals surface area contributed by atoms with Crippen molar-refractivity contribution in [2.24, 2.45) is 0 Å². The van der Waals surface area contributed by atoms with Crippen LogP contribution in [0.15, 0.2) is 47.3 Å². The molecular formula is C19H17ClN4O2. The van der Waals surface area contributed by atoms with E-state index in [9.17, 15) is 9.59 Å². The van der Waals surface area contributed by atoms with Gasteiger partial charge in [-0.1, -0.05) is 30.7 Å². The summed E-state index contributed by atoms with van der Waals surface area (Å²) in [5, 5.41) is 11.9. The standard InChI is InChI=1S/C19H17ClN4O2/c1-2-9-23-16-5-3-4-6-17(16)24(19(23)26)12-18(25)22-14-8-7-13(11-21)15(20)10-14/h3-8,10H,2,9,12H2,1H3,(H,22,25). The van der Waals surface area contributed by atoms with Crippen LogP contribution in [-0.4, -0.2) is 15.0 Å². The second kappa shape index (κ2) is 7.46. The number of anilines is 1. The van der Waals surface area contributed by atoms with E-state index in [1.807, 2.05) is 37.3 Å². The molecule has 2 aromatic carbocycles. The molecule has 1 amide bonds. The molecule has 0 bridgehead atoms. The van der Waals surface area contributed by atoms with Crippen LogP contribution in [-0.2, 0) is 17.9 Å². The number of aryl methyl sites for hydroxylation is 1. The minimum atomic E-state index is -0.340. The number of hydrogen-bond donors (Lipinski definition) is 1. The van der Waals surface area contributed by atoms with Crippen LogP contribution in [0, 0.1) is 11.3 Å². The first-order valence-electron chi connectivity index (χ1n) is 8.22. The van der Waals surface area contributed by atoms with E-state index < -0.39 is 0 Å². The molecule has 1 aromatic heterocycles. The molecule has 0 unspecified atom stereocenters. The van der Waals surface area contributed by atoms with Crippen molar-refractivity contribution < 1.29 is 4.79 Å². The third-order valence-corrected chi connectivity index (χ3v) is 4.36. The molecule has 6 nitrogen and oxygen atoms in total. The first kappa shape index (κ1) is 17.8. The highest BCUT2D eigenvalue weighted by Gasteiger charge is 2.15. The topological polar surface area (TPSA) is 79.8 Å². The molecule has 1 N–H and O–H groups in total. The summed E-state index contributed by atoms with van der Waals surface area (Å²) in [5.74, 6) is -0.340. The summed E-state index contributed by atoms with van der Waals surface area (Å²) < 4.78 is 3.15. The van der Waals surface area contributed by atoms with E-state index >= 15 is 0 Å². The third-order valence-electron chi connectivity index (χ3n) is 4.05. The lowest BCUT2D eigenvalue weighted by Gasteiger charge is -2.07. The number of amides is 1. The first-order chi connectivity index (χ1) is 12.5. The number of fused-ring (bicyclic) bond motifs is 1. The Morgan fingerprint density at radius 1 is 1.19 bits per heavy atom. The van der Waals surface area contributed by atoms with E-state index in [0.29, 0.717) is 17.8 Å². The molecular weight excluding hydrogens is 352 g/mol. The highest BCUT2D eigenvalue weighted by atomic mass is 35.5. The number of hydrogen-bond acceptors (Lipinski definition) is 3. The normalized spacial score (nSPS) is 10.7. The van der Waals surface area contributed by atoms with Gasteiger partial charge < -0.3 is 5.32 Å². The number of halogens is 1. The van der Waals surface area contributed by atoms with Crippen LogP contribution >= 0.6 is 11.6 Å². The van der Waals surface area contributed by atoms with Gasteiger partial charge in [0.1, 0.15) is 12.6 Å². The number of imidazole rings is 1. The third kappa shape index (κ3) is 3.35. The number of para-hydroxylation sites is 2. The van der Waals surface area contributed by atoms with E-state index in [0.717, 1.165) is 17.5 Å². The lowest BCUT2D eigenvalue weighted by Crippen LogP contribution is -2.29. The molecule has 0 fully saturated rings. The molecule has 1 heterocycles. The SMILES string of the molecule is CCCn1c(=O)n(CC(=O)Nc2ccc(C#N)c(Cl)c2)c2ccccc21. The van der Waals surface area contributed by atoms with E-state index in [-0.39, 0.29) is 23.2 Å². The van der Waals surface area contributed by atoms with E-state index in [2.05, 4.69) is 5.32 Å². The molecule has 0 radical (unpaired) electrons. The molecule has 0 aliphatic heterocycles. The van der Waals surface area contributed by atoms with Crippen LogP contribution in [0.4, 0.5) is 5.69 Å². The molecule has 0 atom stereocenters. The van der Waals surface area contributed by atoms with Crippen molar-refractivity contribution >= 4 is 34.2 Å². The Bertz CT molecular complexity index is 1080. The van der Waals surface area contributed by atoms with Crippen LogP contribution in [0.3, 0.4) is 0 Å². The molecule has 0 spiro atoms. The second-order valence-corrected chi connectivity index (χ2v) is 6.27. The molecule has 0 saturated heterocycles. The van der Waals surface area contributed by atoms with Crippen LogP contribution in [0.5, 0.6) is 0 Å². The summed E-state index contributed by atoms with van der Waals surface area (Å²) in [4.78, 5) is 25.1. The van der Waals surface area contributed by atoms with Crippen molar-refractivity contribution in [2.45, 2.75) is 26.4 Å². The Balaban J connectivity index is 1.88. The molecule has 7 heteroatoms. The maximum absolute atomic E-state index is 12.7. The van der Waals surface area contributed by atoms with Gasteiger partial charge in [0, 0.05) is 12.2 Å². The van der Waals surface area contributed by atoms with Gasteiger partial charge in [-0.2, -0.15) is 5.26 Å². The van der Waals surface area contributed by atoms with E-state index in [1.165, 1.54) is 16.7 Å². The second-order valence-electron chi connectivity index (χ2n) is 5.86. The van der Waals surface area contributed by atoms with E-state index in [4.69, 9.17) is 16.9 Å². The average molecular weight is 369 g/mol. The predicted molar refractivity (Wildman–Crippen MR) is 101 cm³/mol. The summed E-state index contributed by atoms with van der Waals surface area (Å²) in [6, 6.07) is 14.0. The lowest BCUT2D eigenvalue weighted by molar-refractivity contribution is -0.116. The van der Waals surface area contributed by atoms with Gasteiger partial charge in [0.2, 0.25) is 5.91 Å². The Labute approximate surface area is 155 Å². The summed E-state index contributed by atoms with van der Waals surface area (Å²) in [6.07, 6.45) is 0.823. The van der Waals surface area contributed by atoms with Crippen molar-refractivity contribution in [3.8, 4) is 6.07 Å². The number of nitrogens with zero attached hydrogens (tertiary/aromatic N) is 3. The number of nitriles is 1. The van der Waals surface area contributed by atoms with Gasteiger partial charge in [-0.25, -0.2) is 4.79 Å². The minimum Gasteiger partial charge on any atom is -0.324 e. The fraction of sp³-hybridized carbons (Fsp3) is 0.211. The predicted octanol–water partition coefficient (Wildman–Crippen LogP) is 3.38. The Kier molecular flexibility index (Phi) is 5.10. The maximum atomic E-state index is 12.7. The Hall–Kier alpha value is -3.04. The number of benzene rings is 2. The average Bonchev–Trinajstić information content (AvgIpc) is 2.88. The zero-order valence-corrected chi connectivity index (χ0v) is 15.0. The molecule has 3 aromatic rings. The van der Waals surface area contributed by atoms with Crippen LogP contribution in [0.25, 0.3) is 11.0 Å². The smallest absolute Gasteiger partial charge is 0.324 e. The van der Waals surface area contributed by atoms with Crippen molar-refractivity contribution in [1.29, 1.82) is 5.26 Å². The fourth-order valence-corrected chi connectivity index (χ4v) is 3.12. The van der Waals surface area contributed by atoms with Gasteiger partial charge in [0.05, 0.1) is 21.6 Å². The summed E-state index contributed by atoms with van der Waals surface area (Å²) >= 11 is 5.98. The molecule has 132 valence electrons. The maximum Gasteiger partial charge on any atom is 0.329 e. The summed E-state index contributed by atoms with van der Waals surface area (Å²) in [6.45, 7) is 2.49. The van der Waals surface area contributed by atoms with Crippen LogP contribution < -0.4 is 11.0 Å². The van der Waals surface area contributed by atoms with Crippen LogP contribution in [0.1, 0.15) is 18.9 Å².